The molecule has 7 aliphatic rings. The molecule has 0 aromatic rings. The Balaban J connectivity index is 1.15. The van der Waals surface area contributed by atoms with Gasteiger partial charge in [-0.2, -0.15) is 0 Å². The van der Waals surface area contributed by atoms with Gasteiger partial charge >= 0.3 is 5.97 Å². The summed E-state index contributed by atoms with van der Waals surface area (Å²) in [6, 6.07) is 0. The monoisotopic (exact) mass is 750 g/mol. The number of carbonyl (C=O) groups is 1. The highest BCUT2D eigenvalue weighted by Gasteiger charge is 2.70. The van der Waals surface area contributed by atoms with E-state index in [1.165, 1.54) is 12.5 Å². The molecule has 5 aliphatic carbocycles. The van der Waals surface area contributed by atoms with E-state index in [-0.39, 0.29) is 46.7 Å². The molecule has 2 heterocycles. The summed E-state index contributed by atoms with van der Waals surface area (Å²) in [6.45, 7) is 15.1. The molecule has 0 radical (unpaired) electrons. The van der Waals surface area contributed by atoms with Crippen LogP contribution >= 0.6 is 0 Å². The summed E-state index contributed by atoms with van der Waals surface area (Å²) in [5.41, 5.74) is -0.239. The molecule has 302 valence electrons. The molecule has 6 fully saturated rings. The summed E-state index contributed by atoms with van der Waals surface area (Å²) in [4.78, 5) is 13.0. The predicted octanol–water partition coefficient (Wildman–Crippen LogP) is 3.52. The molecular weight excluding hydrogens is 684 g/mol. The number of aliphatic hydroxyl groups excluding tert-OH is 6. The number of aliphatic carboxylic acids is 1. The molecule has 7 rings (SSSR count). The summed E-state index contributed by atoms with van der Waals surface area (Å²) in [5, 5.41) is 74.9. The average molecular weight is 751 g/mol. The zero-order valence-electron chi connectivity index (χ0n) is 32.7. The molecule has 0 unspecified atom stereocenters. The van der Waals surface area contributed by atoms with Gasteiger partial charge in [-0.1, -0.05) is 53.2 Å². The third kappa shape index (κ3) is 5.85. The Labute approximate surface area is 314 Å². The zero-order chi connectivity index (χ0) is 38.7. The van der Waals surface area contributed by atoms with Crippen LogP contribution in [0.3, 0.4) is 0 Å². The van der Waals surface area contributed by atoms with Gasteiger partial charge in [0.15, 0.2) is 12.6 Å². The van der Waals surface area contributed by atoms with E-state index < -0.39 is 78.2 Å². The number of hydrogen-bond acceptors (Lipinski definition) is 11. The maximum atomic E-state index is 13.0. The molecule has 2 aliphatic heterocycles. The molecule has 0 aromatic carbocycles. The van der Waals surface area contributed by atoms with E-state index in [0.717, 1.165) is 51.4 Å². The number of allylic oxidation sites excluding steroid dienone is 2. The van der Waals surface area contributed by atoms with Gasteiger partial charge in [0, 0.05) is 5.41 Å². The molecule has 0 bridgehead atoms. The van der Waals surface area contributed by atoms with Crippen LogP contribution in [0, 0.1) is 50.2 Å². The molecule has 0 spiro atoms. The summed E-state index contributed by atoms with van der Waals surface area (Å²) >= 11 is 0. The lowest BCUT2D eigenvalue weighted by molar-refractivity contribution is -0.365. The lowest BCUT2D eigenvalue weighted by atomic mass is 9.33. The maximum Gasteiger partial charge on any atom is 0.310 e. The fourth-order valence-corrected chi connectivity index (χ4v) is 13.3. The summed E-state index contributed by atoms with van der Waals surface area (Å²) in [5.74, 6) is -0.194. The van der Waals surface area contributed by atoms with Crippen molar-refractivity contribution in [1.29, 1.82) is 0 Å². The quantitative estimate of drug-likeness (QED) is 0.155. The molecule has 4 saturated carbocycles. The summed E-state index contributed by atoms with van der Waals surface area (Å²) in [6.07, 6.45) is -1.79. The molecule has 7 N–H and O–H groups in total. The largest absolute Gasteiger partial charge is 0.481 e. The first-order valence-corrected chi connectivity index (χ1v) is 20.2. The van der Waals surface area contributed by atoms with Crippen molar-refractivity contribution in [3.05, 3.63) is 11.6 Å². The molecule has 18 atom stereocenters. The molecule has 12 heteroatoms. The third-order valence-corrected chi connectivity index (χ3v) is 17.0. The number of rotatable bonds is 6. The molecule has 0 aromatic heterocycles. The standard InChI is InChI=1S/C41H66O12/c1-21-28(44)30(46)31(47)33(51-21)53-32-29(45)24(43)19-50-34(32)52-27-11-12-37(4)25(38(27,5)20-42)10-13-40(7)26(37)9-8-22-23-18-36(2,3)14-16-41(23,35(48)49)17-15-39(22,40)6/h8,21,23-34,42-47H,9-20H2,1-7H3,(H,48,49)/t21-,23-,24-,25+,26+,27-,28+,29-,30+,31+,32+,33-,34-,37-,38-,39+,40+,41-/m0/s1. The van der Waals surface area contributed by atoms with Gasteiger partial charge in [0.05, 0.1) is 30.8 Å². The molecule has 0 amide bonds. The number of carboxylic acid groups (broad SMARTS) is 1. The minimum atomic E-state index is -1.62. The van der Waals surface area contributed by atoms with Crippen molar-refractivity contribution in [2.75, 3.05) is 13.2 Å². The normalized spacial score (nSPS) is 55.1. The first-order valence-electron chi connectivity index (χ1n) is 20.2. The lowest BCUT2D eigenvalue weighted by Gasteiger charge is -2.71. The number of aliphatic hydroxyl groups is 6. The predicted molar refractivity (Wildman–Crippen MR) is 192 cm³/mol. The number of carboxylic acids is 1. The molecule has 12 nitrogen and oxygen atoms in total. The summed E-state index contributed by atoms with van der Waals surface area (Å²) in [7, 11) is 0. The highest BCUT2D eigenvalue weighted by molar-refractivity contribution is 5.76. The molecule has 2 saturated heterocycles. The Morgan fingerprint density at radius 1 is 0.830 bits per heavy atom. The third-order valence-electron chi connectivity index (χ3n) is 17.0. The van der Waals surface area contributed by atoms with Crippen LogP contribution < -0.4 is 0 Å². The fourth-order valence-electron chi connectivity index (χ4n) is 13.3. The summed E-state index contributed by atoms with van der Waals surface area (Å²) < 4.78 is 24.3. The van der Waals surface area contributed by atoms with Gasteiger partial charge in [0.25, 0.3) is 0 Å². The highest BCUT2D eigenvalue weighted by Crippen LogP contribution is 2.76. The number of hydrogen-bond donors (Lipinski definition) is 7. The van der Waals surface area contributed by atoms with Gasteiger partial charge < -0.3 is 54.7 Å². The highest BCUT2D eigenvalue weighted by atomic mass is 16.8. The van der Waals surface area contributed by atoms with Crippen molar-refractivity contribution in [1.82, 2.24) is 0 Å². The van der Waals surface area contributed by atoms with Crippen molar-refractivity contribution in [3.63, 3.8) is 0 Å². The van der Waals surface area contributed by atoms with Crippen molar-refractivity contribution in [2.45, 2.75) is 174 Å². The number of ether oxygens (including phenoxy) is 4. The van der Waals surface area contributed by atoms with Crippen LogP contribution in [-0.2, 0) is 23.7 Å². The van der Waals surface area contributed by atoms with Gasteiger partial charge in [-0.3, -0.25) is 4.79 Å². The van der Waals surface area contributed by atoms with E-state index in [0.29, 0.717) is 18.8 Å². The van der Waals surface area contributed by atoms with E-state index in [9.17, 15) is 40.5 Å². The Kier molecular flexibility index (Phi) is 10.2. The fraction of sp³-hybridized carbons (Fsp3) is 0.927. The van der Waals surface area contributed by atoms with E-state index in [4.69, 9.17) is 18.9 Å². The van der Waals surface area contributed by atoms with Gasteiger partial charge in [0.1, 0.15) is 36.6 Å². The molecular formula is C41H66O12. The zero-order valence-corrected chi connectivity index (χ0v) is 32.7. The second-order valence-corrected chi connectivity index (χ2v) is 20.0. The Morgan fingerprint density at radius 3 is 2.21 bits per heavy atom. The SMILES string of the molecule is C[C@@H]1O[C@@H](O[C@H]2[C@H](O[C@H]3CC[C@@]4(C)[C@@H](CC[C@]5(C)[C@@H]4CC=C4[C@@H]6CC(C)(C)CC[C@]6(C(=O)O)CC[C@]45C)[C@]3(C)CO)OC[C@H](O)[C@@H]2O)[C@H](O)[C@H](O)[C@@H]1O. The van der Waals surface area contributed by atoms with Gasteiger partial charge in [-0.15, -0.1) is 0 Å². The van der Waals surface area contributed by atoms with Crippen LogP contribution in [0.1, 0.15) is 113 Å². The minimum absolute atomic E-state index is 0.0360. The average Bonchev–Trinajstić information content (AvgIpc) is 3.10. The van der Waals surface area contributed by atoms with Crippen LogP contribution in [0.5, 0.6) is 0 Å². The van der Waals surface area contributed by atoms with Crippen LogP contribution in [-0.4, -0.2) is 116 Å². The van der Waals surface area contributed by atoms with E-state index >= 15 is 0 Å². The van der Waals surface area contributed by atoms with Crippen molar-refractivity contribution >= 4 is 5.97 Å². The van der Waals surface area contributed by atoms with Gasteiger partial charge in [-0.25, -0.2) is 0 Å². The van der Waals surface area contributed by atoms with Crippen LogP contribution in [0.2, 0.25) is 0 Å². The Hall–Kier alpha value is -1.19. The van der Waals surface area contributed by atoms with E-state index in [1.807, 2.05) is 0 Å². The number of fused-ring (bicyclic) bond motifs is 7. The smallest absolute Gasteiger partial charge is 0.310 e. The molecule has 53 heavy (non-hydrogen) atoms. The van der Waals surface area contributed by atoms with Crippen LogP contribution in [0.4, 0.5) is 0 Å². The first kappa shape index (κ1) is 40.0. The van der Waals surface area contributed by atoms with Gasteiger partial charge in [-0.05, 0) is 111 Å². The lowest BCUT2D eigenvalue weighted by Crippen LogP contribution is -2.67. The minimum Gasteiger partial charge on any atom is -0.481 e. The van der Waals surface area contributed by atoms with Gasteiger partial charge in [0.2, 0.25) is 0 Å². The Bertz CT molecular complexity index is 1440. The maximum absolute atomic E-state index is 13.0. The Morgan fingerprint density at radius 2 is 1.53 bits per heavy atom. The van der Waals surface area contributed by atoms with Crippen molar-refractivity contribution in [2.24, 2.45) is 50.2 Å². The topological polar surface area (TPSA) is 196 Å². The van der Waals surface area contributed by atoms with Crippen molar-refractivity contribution in [3.8, 4) is 0 Å². The van der Waals surface area contributed by atoms with Crippen LogP contribution in [0.15, 0.2) is 11.6 Å². The first-order chi connectivity index (χ1) is 24.7. The second kappa shape index (κ2) is 13.5. The van der Waals surface area contributed by atoms with Crippen molar-refractivity contribution < 1.29 is 59.5 Å². The van der Waals surface area contributed by atoms with E-state index in [2.05, 4.69) is 47.6 Å². The second-order valence-electron chi connectivity index (χ2n) is 20.0. The van der Waals surface area contributed by atoms with E-state index in [1.54, 1.807) is 0 Å². The van der Waals surface area contributed by atoms with Crippen LogP contribution in [0.25, 0.3) is 0 Å².